The third-order valence-corrected chi connectivity index (χ3v) is 4.43. The summed E-state index contributed by atoms with van der Waals surface area (Å²) in [6.45, 7) is 6.76. The maximum atomic E-state index is 11.9. The molecule has 1 rings (SSSR count). The molecule has 0 bridgehead atoms. The van der Waals surface area contributed by atoms with Crippen molar-refractivity contribution in [1.29, 1.82) is 0 Å². The summed E-state index contributed by atoms with van der Waals surface area (Å²) >= 11 is 0. The fraction of sp³-hybridized carbons (Fsp3) is 0.538. The van der Waals surface area contributed by atoms with Gasteiger partial charge >= 0.3 is 0 Å². The number of rotatable bonds is 6. The van der Waals surface area contributed by atoms with E-state index in [4.69, 9.17) is 0 Å². The lowest BCUT2D eigenvalue weighted by Gasteiger charge is -2.12. The summed E-state index contributed by atoms with van der Waals surface area (Å²) in [5.41, 5.74) is 0.718. The summed E-state index contributed by atoms with van der Waals surface area (Å²) in [5, 5.41) is 3.21. The van der Waals surface area contributed by atoms with E-state index in [1.54, 1.807) is 19.1 Å². The molecule has 0 amide bonds. The van der Waals surface area contributed by atoms with Crippen LogP contribution in [0.5, 0.6) is 0 Å². The Bertz CT molecular complexity index is 452. The van der Waals surface area contributed by atoms with Crippen LogP contribution in [0.25, 0.3) is 0 Å². The normalized spacial score (nSPS) is 11.8. The average molecular weight is 255 g/mol. The van der Waals surface area contributed by atoms with Gasteiger partial charge in [0.1, 0.15) is 0 Å². The highest BCUT2D eigenvalue weighted by atomic mass is 32.2. The van der Waals surface area contributed by atoms with Crippen molar-refractivity contribution >= 4 is 15.5 Å². The molecule has 0 aliphatic carbocycles. The Hall–Kier alpha value is -1.03. The van der Waals surface area contributed by atoms with Gasteiger partial charge in [-0.1, -0.05) is 32.9 Å². The number of para-hydroxylation sites is 1. The van der Waals surface area contributed by atoms with Gasteiger partial charge in [-0.15, -0.1) is 0 Å². The molecule has 0 heterocycles. The van der Waals surface area contributed by atoms with Crippen LogP contribution < -0.4 is 5.32 Å². The first kappa shape index (κ1) is 14.0. The summed E-state index contributed by atoms with van der Waals surface area (Å²) in [6.07, 6.45) is 1.03. The van der Waals surface area contributed by atoms with Crippen LogP contribution in [0, 0.1) is 5.92 Å². The molecule has 0 saturated heterocycles. The van der Waals surface area contributed by atoms with Gasteiger partial charge in [0.15, 0.2) is 9.84 Å². The highest BCUT2D eigenvalue weighted by Gasteiger charge is 2.15. The van der Waals surface area contributed by atoms with Crippen molar-refractivity contribution in [3.8, 4) is 0 Å². The Morgan fingerprint density at radius 1 is 1.24 bits per heavy atom. The number of benzene rings is 1. The number of nitrogens with one attached hydrogen (secondary N) is 1. The lowest BCUT2D eigenvalue weighted by Crippen LogP contribution is -2.11. The van der Waals surface area contributed by atoms with E-state index in [-0.39, 0.29) is 5.75 Å². The Balaban J connectivity index is 2.86. The largest absolute Gasteiger partial charge is 0.384 e. The van der Waals surface area contributed by atoms with Gasteiger partial charge in [0, 0.05) is 6.54 Å². The van der Waals surface area contributed by atoms with E-state index in [0.29, 0.717) is 10.8 Å². The average Bonchev–Trinajstić information content (AvgIpc) is 2.29. The molecule has 1 aromatic rings. The smallest absolute Gasteiger partial charge is 0.180 e. The van der Waals surface area contributed by atoms with Crippen LogP contribution in [0.15, 0.2) is 29.2 Å². The van der Waals surface area contributed by atoms with E-state index >= 15 is 0 Å². The first-order chi connectivity index (χ1) is 7.97. The second-order valence-corrected chi connectivity index (χ2v) is 6.76. The molecule has 0 unspecified atom stereocenters. The number of hydrogen-bond donors (Lipinski definition) is 1. The van der Waals surface area contributed by atoms with Crippen LogP contribution in [0.4, 0.5) is 5.69 Å². The van der Waals surface area contributed by atoms with E-state index in [0.717, 1.165) is 18.7 Å². The van der Waals surface area contributed by atoms with Gasteiger partial charge in [-0.2, -0.15) is 0 Å². The molecule has 0 fully saturated rings. The van der Waals surface area contributed by atoms with Gasteiger partial charge in [0.05, 0.1) is 16.3 Å². The molecule has 0 radical (unpaired) electrons. The quantitative estimate of drug-likeness (QED) is 0.850. The van der Waals surface area contributed by atoms with Crippen LogP contribution in [0.1, 0.15) is 27.2 Å². The Kier molecular flexibility index (Phi) is 5.00. The SMILES string of the molecule is CCS(=O)(=O)c1ccccc1NCCC(C)C. The van der Waals surface area contributed by atoms with Crippen molar-refractivity contribution in [3.05, 3.63) is 24.3 Å². The lowest BCUT2D eigenvalue weighted by molar-refractivity contribution is 0.596. The minimum atomic E-state index is -3.14. The first-order valence-electron chi connectivity index (χ1n) is 6.03. The molecule has 3 nitrogen and oxygen atoms in total. The van der Waals surface area contributed by atoms with Crippen molar-refractivity contribution in [1.82, 2.24) is 0 Å². The van der Waals surface area contributed by atoms with E-state index in [9.17, 15) is 8.42 Å². The molecule has 0 aromatic heterocycles. The third-order valence-electron chi connectivity index (χ3n) is 2.64. The molecule has 0 atom stereocenters. The van der Waals surface area contributed by atoms with Crippen molar-refractivity contribution in [3.63, 3.8) is 0 Å². The Morgan fingerprint density at radius 2 is 1.88 bits per heavy atom. The number of sulfone groups is 1. The van der Waals surface area contributed by atoms with Crippen molar-refractivity contribution in [2.45, 2.75) is 32.1 Å². The van der Waals surface area contributed by atoms with Crippen LogP contribution in [-0.4, -0.2) is 20.7 Å². The molecule has 4 heteroatoms. The van der Waals surface area contributed by atoms with Crippen LogP contribution >= 0.6 is 0 Å². The van der Waals surface area contributed by atoms with Crippen molar-refractivity contribution < 1.29 is 8.42 Å². The van der Waals surface area contributed by atoms with E-state index < -0.39 is 9.84 Å². The maximum absolute atomic E-state index is 11.9. The summed E-state index contributed by atoms with van der Waals surface area (Å²) in [6, 6.07) is 7.10. The Labute approximate surface area is 104 Å². The Morgan fingerprint density at radius 3 is 2.47 bits per heavy atom. The number of anilines is 1. The molecular formula is C13H21NO2S. The molecule has 0 spiro atoms. The molecule has 1 aromatic carbocycles. The highest BCUT2D eigenvalue weighted by Crippen LogP contribution is 2.22. The minimum absolute atomic E-state index is 0.135. The highest BCUT2D eigenvalue weighted by molar-refractivity contribution is 7.91. The van der Waals surface area contributed by atoms with Gasteiger partial charge in [-0.05, 0) is 24.5 Å². The van der Waals surface area contributed by atoms with E-state index in [2.05, 4.69) is 19.2 Å². The van der Waals surface area contributed by atoms with Gasteiger partial charge in [-0.3, -0.25) is 0 Å². The van der Waals surface area contributed by atoms with Crippen LogP contribution in [0.3, 0.4) is 0 Å². The molecule has 0 aliphatic rings. The van der Waals surface area contributed by atoms with E-state index in [1.807, 2.05) is 12.1 Å². The van der Waals surface area contributed by atoms with Crippen molar-refractivity contribution in [2.24, 2.45) is 5.92 Å². The zero-order chi connectivity index (χ0) is 12.9. The maximum Gasteiger partial charge on any atom is 0.180 e. The van der Waals surface area contributed by atoms with Crippen LogP contribution in [0.2, 0.25) is 0 Å². The predicted molar refractivity (Wildman–Crippen MR) is 72.1 cm³/mol. The minimum Gasteiger partial charge on any atom is -0.384 e. The monoisotopic (exact) mass is 255 g/mol. The van der Waals surface area contributed by atoms with Gasteiger partial charge < -0.3 is 5.32 Å². The predicted octanol–water partition coefficient (Wildman–Crippen LogP) is 2.94. The summed E-state index contributed by atoms with van der Waals surface area (Å²) < 4.78 is 23.8. The molecule has 17 heavy (non-hydrogen) atoms. The second-order valence-electron chi connectivity index (χ2n) is 4.51. The summed E-state index contributed by atoms with van der Waals surface area (Å²) in [7, 11) is -3.14. The fourth-order valence-electron chi connectivity index (χ4n) is 1.53. The van der Waals surface area contributed by atoms with Crippen molar-refractivity contribution in [2.75, 3.05) is 17.6 Å². The van der Waals surface area contributed by atoms with Gasteiger partial charge in [-0.25, -0.2) is 8.42 Å². The lowest BCUT2D eigenvalue weighted by atomic mass is 10.1. The van der Waals surface area contributed by atoms with Crippen LogP contribution in [-0.2, 0) is 9.84 Å². The number of hydrogen-bond acceptors (Lipinski definition) is 3. The first-order valence-corrected chi connectivity index (χ1v) is 7.68. The topological polar surface area (TPSA) is 46.2 Å². The van der Waals surface area contributed by atoms with E-state index in [1.165, 1.54) is 0 Å². The summed E-state index contributed by atoms with van der Waals surface area (Å²) in [5.74, 6) is 0.744. The third kappa shape index (κ3) is 4.04. The second kappa shape index (κ2) is 6.05. The summed E-state index contributed by atoms with van der Waals surface area (Å²) in [4.78, 5) is 0.409. The fourth-order valence-corrected chi connectivity index (χ4v) is 2.61. The molecule has 1 N–H and O–H groups in total. The molecular weight excluding hydrogens is 234 g/mol. The molecule has 96 valence electrons. The standard InChI is InChI=1S/C13H21NO2S/c1-4-17(15,16)13-8-6-5-7-12(13)14-10-9-11(2)3/h5-8,11,14H,4,9-10H2,1-3H3. The zero-order valence-electron chi connectivity index (χ0n) is 10.7. The van der Waals surface area contributed by atoms with Gasteiger partial charge in [0.25, 0.3) is 0 Å². The molecule has 0 aliphatic heterocycles. The van der Waals surface area contributed by atoms with Gasteiger partial charge in [0.2, 0.25) is 0 Å². The molecule has 0 saturated carbocycles. The zero-order valence-corrected chi connectivity index (χ0v) is 11.5.